The number of alkyl halides is 3. The summed E-state index contributed by atoms with van der Waals surface area (Å²) in [5, 5.41) is 0. The van der Waals surface area contributed by atoms with Crippen molar-refractivity contribution in [3.63, 3.8) is 0 Å². The number of rotatable bonds is 5. The zero-order valence-corrected chi connectivity index (χ0v) is 13.5. The van der Waals surface area contributed by atoms with Gasteiger partial charge in [-0.2, -0.15) is 13.2 Å². The summed E-state index contributed by atoms with van der Waals surface area (Å²) in [6, 6.07) is 9.07. The zero-order chi connectivity index (χ0) is 17.7. The van der Waals surface area contributed by atoms with Crippen molar-refractivity contribution < 1.29 is 22.7 Å². The van der Waals surface area contributed by atoms with Gasteiger partial charge >= 0.3 is 12.1 Å². The Bertz CT molecular complexity index is 787. The lowest BCUT2D eigenvalue weighted by Crippen LogP contribution is -2.30. The summed E-state index contributed by atoms with van der Waals surface area (Å²) in [7, 11) is 0. The van der Waals surface area contributed by atoms with Crippen molar-refractivity contribution in [2.75, 3.05) is 6.26 Å². The summed E-state index contributed by atoms with van der Waals surface area (Å²) < 4.78 is 43.7. The average Bonchev–Trinajstić information content (AvgIpc) is 2.54. The number of nitrogens with zero attached hydrogens (tertiary/aromatic N) is 1. The summed E-state index contributed by atoms with van der Waals surface area (Å²) in [6.45, 7) is -0.591. The van der Waals surface area contributed by atoms with Crippen molar-refractivity contribution in [1.82, 2.24) is 4.57 Å². The highest BCUT2D eigenvalue weighted by molar-refractivity contribution is 7.98. The number of hydrogen-bond donors (Lipinski definition) is 0. The van der Waals surface area contributed by atoms with Crippen LogP contribution >= 0.6 is 11.8 Å². The number of carbonyl (C=O) groups is 1. The molecular formula is C16H14F3NO3S. The molecule has 0 saturated carbocycles. The summed E-state index contributed by atoms with van der Waals surface area (Å²) in [4.78, 5) is 24.5. The smallest absolute Gasteiger partial charge is 0.421 e. The van der Waals surface area contributed by atoms with E-state index in [0.29, 0.717) is 10.6 Å². The summed E-state index contributed by atoms with van der Waals surface area (Å²) in [5.41, 5.74) is -1.83. The molecule has 0 aliphatic heterocycles. The molecule has 128 valence electrons. The Morgan fingerprint density at radius 2 is 2.00 bits per heavy atom. The van der Waals surface area contributed by atoms with E-state index in [1.165, 1.54) is 11.8 Å². The first-order valence-electron chi connectivity index (χ1n) is 6.86. The van der Waals surface area contributed by atoms with Crippen molar-refractivity contribution in [1.29, 1.82) is 0 Å². The van der Waals surface area contributed by atoms with Gasteiger partial charge in [0.2, 0.25) is 0 Å². The summed E-state index contributed by atoms with van der Waals surface area (Å²) in [6.07, 6.45) is -1.74. The molecule has 2 rings (SSSR count). The predicted molar refractivity (Wildman–Crippen MR) is 83.7 cm³/mol. The van der Waals surface area contributed by atoms with Gasteiger partial charge in [0, 0.05) is 11.1 Å². The first-order chi connectivity index (χ1) is 11.3. The number of benzene rings is 1. The second kappa shape index (κ2) is 7.57. The van der Waals surface area contributed by atoms with E-state index >= 15 is 0 Å². The molecule has 0 N–H and O–H groups in total. The van der Waals surface area contributed by atoms with Crippen molar-refractivity contribution >= 4 is 17.7 Å². The largest absolute Gasteiger partial charge is 0.459 e. The quantitative estimate of drug-likeness (QED) is 0.608. The molecule has 8 heteroatoms. The summed E-state index contributed by atoms with van der Waals surface area (Å²) >= 11 is 1.53. The van der Waals surface area contributed by atoms with Crippen LogP contribution in [-0.4, -0.2) is 16.8 Å². The maximum Gasteiger partial charge on any atom is 0.421 e. The molecule has 1 heterocycles. The molecule has 0 amide bonds. The van der Waals surface area contributed by atoms with Crippen LogP contribution in [0.15, 0.2) is 52.3 Å². The second-order valence-corrected chi connectivity index (χ2v) is 5.74. The van der Waals surface area contributed by atoms with Gasteiger partial charge in [-0.05, 0) is 36.1 Å². The van der Waals surface area contributed by atoms with Gasteiger partial charge in [-0.25, -0.2) is 0 Å². The van der Waals surface area contributed by atoms with Gasteiger partial charge in [0.1, 0.15) is 18.7 Å². The number of carbonyl (C=O) groups excluding carboxylic acids is 1. The van der Waals surface area contributed by atoms with E-state index in [4.69, 9.17) is 4.74 Å². The van der Waals surface area contributed by atoms with Crippen LogP contribution in [0.3, 0.4) is 0 Å². The third kappa shape index (κ3) is 4.64. The Morgan fingerprint density at radius 3 is 2.67 bits per heavy atom. The molecule has 0 saturated heterocycles. The topological polar surface area (TPSA) is 48.3 Å². The van der Waals surface area contributed by atoms with Gasteiger partial charge in [-0.1, -0.05) is 12.1 Å². The normalized spacial score (nSPS) is 11.3. The lowest BCUT2D eigenvalue weighted by molar-refractivity contribution is -0.146. The van der Waals surface area contributed by atoms with E-state index < -0.39 is 29.8 Å². The third-order valence-corrected chi connectivity index (χ3v) is 3.88. The lowest BCUT2D eigenvalue weighted by atomic mass is 10.2. The Labute approximate surface area is 140 Å². The third-order valence-electron chi connectivity index (χ3n) is 3.16. The first kappa shape index (κ1) is 18.1. The molecule has 0 fully saturated rings. The number of esters is 1. The number of halogens is 3. The molecule has 2 aromatic rings. The van der Waals surface area contributed by atoms with E-state index in [1.807, 2.05) is 24.5 Å². The lowest BCUT2D eigenvalue weighted by Gasteiger charge is -2.10. The van der Waals surface area contributed by atoms with E-state index in [9.17, 15) is 22.8 Å². The van der Waals surface area contributed by atoms with Crippen molar-refractivity contribution in [2.24, 2.45) is 0 Å². The highest BCUT2D eigenvalue weighted by Gasteiger charge is 2.34. The van der Waals surface area contributed by atoms with Gasteiger partial charge in [-0.15, -0.1) is 11.8 Å². The van der Waals surface area contributed by atoms with Crippen LogP contribution in [0.2, 0.25) is 0 Å². The van der Waals surface area contributed by atoms with E-state index in [0.717, 1.165) is 22.7 Å². The predicted octanol–water partition coefficient (Wildman–Crippen LogP) is 3.33. The van der Waals surface area contributed by atoms with E-state index in [-0.39, 0.29) is 6.61 Å². The van der Waals surface area contributed by atoms with Gasteiger partial charge in [0.25, 0.3) is 5.56 Å². The molecule has 0 unspecified atom stereocenters. The molecule has 0 bridgehead atoms. The van der Waals surface area contributed by atoms with Crippen LogP contribution in [0.5, 0.6) is 0 Å². The maximum absolute atomic E-state index is 12.7. The molecule has 0 atom stereocenters. The van der Waals surface area contributed by atoms with Crippen LogP contribution in [-0.2, 0) is 28.9 Å². The Hall–Kier alpha value is -2.22. The maximum atomic E-state index is 12.7. The molecular weight excluding hydrogens is 343 g/mol. The molecule has 0 aliphatic rings. The average molecular weight is 357 g/mol. The molecule has 24 heavy (non-hydrogen) atoms. The van der Waals surface area contributed by atoms with Crippen molar-refractivity contribution in [3.05, 3.63) is 64.1 Å². The van der Waals surface area contributed by atoms with Crippen LogP contribution in [0.25, 0.3) is 0 Å². The van der Waals surface area contributed by atoms with Gasteiger partial charge in [-0.3, -0.25) is 9.59 Å². The van der Waals surface area contributed by atoms with Crippen LogP contribution in [0.1, 0.15) is 11.1 Å². The second-order valence-electron chi connectivity index (χ2n) is 4.86. The van der Waals surface area contributed by atoms with Gasteiger partial charge in [0.05, 0.1) is 0 Å². The van der Waals surface area contributed by atoms with Crippen LogP contribution in [0.4, 0.5) is 13.2 Å². The van der Waals surface area contributed by atoms with Crippen LogP contribution < -0.4 is 5.56 Å². The van der Waals surface area contributed by atoms with E-state index in [1.54, 1.807) is 6.07 Å². The molecule has 0 spiro atoms. The molecule has 1 aromatic carbocycles. The van der Waals surface area contributed by atoms with Crippen molar-refractivity contribution in [2.45, 2.75) is 24.2 Å². The zero-order valence-electron chi connectivity index (χ0n) is 12.7. The van der Waals surface area contributed by atoms with Gasteiger partial charge in [0.15, 0.2) is 0 Å². The highest BCUT2D eigenvalue weighted by atomic mass is 32.2. The number of ether oxygens (including phenoxy) is 1. The monoisotopic (exact) mass is 357 g/mol. The fraction of sp³-hybridized carbons (Fsp3) is 0.250. The molecule has 4 nitrogen and oxygen atoms in total. The van der Waals surface area contributed by atoms with Crippen molar-refractivity contribution in [3.8, 4) is 0 Å². The van der Waals surface area contributed by atoms with E-state index in [2.05, 4.69) is 0 Å². The van der Waals surface area contributed by atoms with Gasteiger partial charge < -0.3 is 9.30 Å². The fourth-order valence-electron chi connectivity index (χ4n) is 1.99. The standard InChI is InChI=1S/C16H14F3NO3S/c1-24-12-5-2-4-11(8-12)10-23-14(21)9-20-7-3-6-13(15(20)22)16(17,18)19/h2-8H,9-10H2,1H3. The minimum atomic E-state index is -4.76. The number of hydrogen-bond acceptors (Lipinski definition) is 4. The fourth-order valence-corrected chi connectivity index (χ4v) is 2.47. The Balaban J connectivity index is 2.04. The number of thioether (sulfide) groups is 1. The minimum absolute atomic E-state index is 0.0130. The first-order valence-corrected chi connectivity index (χ1v) is 8.09. The Kier molecular flexibility index (Phi) is 5.71. The highest BCUT2D eigenvalue weighted by Crippen LogP contribution is 2.26. The molecule has 1 aromatic heterocycles. The SMILES string of the molecule is CSc1cccc(COC(=O)Cn2cccc(C(F)(F)F)c2=O)c1. The number of pyridine rings is 1. The Morgan fingerprint density at radius 1 is 1.25 bits per heavy atom. The summed E-state index contributed by atoms with van der Waals surface area (Å²) in [5.74, 6) is -0.786. The molecule has 0 radical (unpaired) electrons. The van der Waals surface area contributed by atoms with Crippen LogP contribution in [0, 0.1) is 0 Å². The minimum Gasteiger partial charge on any atom is -0.459 e. The molecule has 0 aliphatic carbocycles. The number of aromatic nitrogens is 1.